The average molecular weight is 334 g/mol. The van der Waals surface area contributed by atoms with E-state index in [-0.39, 0.29) is 11.7 Å². The highest BCUT2D eigenvalue weighted by atomic mass is 127. The second-order valence-electron chi connectivity index (χ2n) is 4.24. The van der Waals surface area contributed by atoms with Crippen molar-refractivity contribution in [2.24, 2.45) is 5.41 Å². The Balaban J connectivity index is 2.82. The minimum Gasteiger partial charge on any atom is -0.507 e. The van der Waals surface area contributed by atoms with Gasteiger partial charge in [0.25, 0.3) is 0 Å². The molecule has 0 spiro atoms. The molecule has 1 N–H and O–H groups in total. The number of hydrogen-bond acceptors (Lipinski definition) is 3. The van der Waals surface area contributed by atoms with Crippen LogP contribution in [0.4, 0.5) is 0 Å². The van der Waals surface area contributed by atoms with Crippen LogP contribution in [0.5, 0.6) is 11.5 Å². The molecule has 1 rings (SSSR count). The minimum atomic E-state index is -0.483. The molecule has 0 bridgehead atoms. The summed E-state index contributed by atoms with van der Waals surface area (Å²) in [7, 11) is 0. The van der Waals surface area contributed by atoms with Gasteiger partial charge in [-0.25, -0.2) is 0 Å². The highest BCUT2D eigenvalue weighted by Gasteiger charge is 2.27. The van der Waals surface area contributed by atoms with E-state index in [1.54, 1.807) is 12.1 Å². The van der Waals surface area contributed by atoms with Crippen LogP contribution in [-0.2, 0) is 4.79 Å². The monoisotopic (exact) mass is 334 g/mol. The van der Waals surface area contributed by atoms with Crippen molar-refractivity contribution in [3.8, 4) is 11.5 Å². The Morgan fingerprint density at radius 1 is 1.50 bits per heavy atom. The van der Waals surface area contributed by atoms with Gasteiger partial charge in [-0.05, 0) is 61.1 Å². The van der Waals surface area contributed by atoms with E-state index < -0.39 is 5.41 Å². The van der Waals surface area contributed by atoms with Crippen molar-refractivity contribution >= 4 is 28.6 Å². The van der Waals surface area contributed by atoms with Gasteiger partial charge >= 0.3 is 5.97 Å². The number of phenolic OH excluding ortho intramolecular Hbond substituents is 1. The Morgan fingerprint density at radius 3 is 2.62 bits per heavy atom. The van der Waals surface area contributed by atoms with Crippen LogP contribution >= 0.6 is 22.6 Å². The molecule has 1 aromatic carbocycles. The standard InChI is InChI=1S/C12H15IO3/c1-4-12(2,3)11(15)16-8-5-6-10(14)9(13)7-8/h5-7,14H,4H2,1-3H3. The van der Waals surface area contributed by atoms with Crippen LogP contribution in [0, 0.1) is 8.99 Å². The Bertz CT molecular complexity index is 399. The first-order valence-electron chi connectivity index (χ1n) is 5.07. The molecule has 3 nitrogen and oxygen atoms in total. The number of esters is 1. The van der Waals surface area contributed by atoms with E-state index >= 15 is 0 Å². The van der Waals surface area contributed by atoms with Crippen molar-refractivity contribution in [1.82, 2.24) is 0 Å². The molecule has 0 aliphatic carbocycles. The van der Waals surface area contributed by atoms with E-state index in [2.05, 4.69) is 0 Å². The summed E-state index contributed by atoms with van der Waals surface area (Å²) in [6.07, 6.45) is 0.723. The summed E-state index contributed by atoms with van der Waals surface area (Å²) in [5, 5.41) is 9.34. The molecule has 4 heteroatoms. The lowest BCUT2D eigenvalue weighted by Gasteiger charge is -2.20. The number of carbonyl (C=O) groups excluding carboxylic acids is 1. The second kappa shape index (κ2) is 5.03. The predicted octanol–water partition coefficient (Wildman–Crippen LogP) is 3.34. The van der Waals surface area contributed by atoms with Crippen molar-refractivity contribution in [1.29, 1.82) is 0 Å². The van der Waals surface area contributed by atoms with E-state index in [4.69, 9.17) is 4.74 Å². The van der Waals surface area contributed by atoms with Crippen LogP contribution < -0.4 is 4.74 Å². The molecule has 0 heterocycles. The fourth-order valence-corrected chi connectivity index (χ4v) is 1.43. The molecule has 0 unspecified atom stereocenters. The van der Waals surface area contributed by atoms with E-state index in [0.717, 1.165) is 6.42 Å². The largest absolute Gasteiger partial charge is 0.507 e. The van der Waals surface area contributed by atoms with Gasteiger partial charge in [0.1, 0.15) is 11.5 Å². The smallest absolute Gasteiger partial charge is 0.316 e. The first-order chi connectivity index (χ1) is 7.36. The Labute approximate surface area is 109 Å². The minimum absolute atomic E-state index is 0.190. The number of carbonyl (C=O) groups is 1. The Hall–Kier alpha value is -0.780. The molecule has 16 heavy (non-hydrogen) atoms. The Morgan fingerprint density at radius 2 is 2.12 bits per heavy atom. The van der Waals surface area contributed by atoms with Gasteiger partial charge in [-0.2, -0.15) is 0 Å². The van der Waals surface area contributed by atoms with Gasteiger partial charge in [0, 0.05) is 0 Å². The molecule has 88 valence electrons. The quantitative estimate of drug-likeness (QED) is 0.524. The maximum atomic E-state index is 11.8. The summed E-state index contributed by atoms with van der Waals surface area (Å²) in [6, 6.07) is 4.74. The van der Waals surface area contributed by atoms with E-state index in [0.29, 0.717) is 9.32 Å². The first kappa shape index (κ1) is 13.3. The van der Waals surface area contributed by atoms with Crippen LogP contribution in [0.2, 0.25) is 0 Å². The highest BCUT2D eigenvalue weighted by Crippen LogP contribution is 2.27. The van der Waals surface area contributed by atoms with Crippen molar-refractivity contribution in [3.63, 3.8) is 0 Å². The third kappa shape index (κ3) is 3.10. The lowest BCUT2D eigenvalue weighted by atomic mass is 9.91. The van der Waals surface area contributed by atoms with Gasteiger partial charge in [0.15, 0.2) is 0 Å². The summed E-state index contributed by atoms with van der Waals surface area (Å²) in [6.45, 7) is 5.64. The molecule has 0 fully saturated rings. The van der Waals surface area contributed by atoms with E-state index in [9.17, 15) is 9.90 Å². The second-order valence-corrected chi connectivity index (χ2v) is 5.40. The van der Waals surface area contributed by atoms with Crippen LogP contribution in [0.3, 0.4) is 0 Å². The summed E-state index contributed by atoms with van der Waals surface area (Å²) in [5.41, 5.74) is -0.483. The zero-order chi connectivity index (χ0) is 12.3. The van der Waals surface area contributed by atoms with E-state index in [1.807, 2.05) is 43.4 Å². The zero-order valence-electron chi connectivity index (χ0n) is 9.58. The fourth-order valence-electron chi connectivity index (χ4n) is 0.941. The van der Waals surface area contributed by atoms with Crippen LogP contribution in [0.25, 0.3) is 0 Å². The van der Waals surface area contributed by atoms with E-state index in [1.165, 1.54) is 6.07 Å². The van der Waals surface area contributed by atoms with Gasteiger partial charge < -0.3 is 9.84 Å². The average Bonchev–Trinajstić information content (AvgIpc) is 2.23. The maximum absolute atomic E-state index is 11.8. The lowest BCUT2D eigenvalue weighted by molar-refractivity contribution is -0.144. The number of benzene rings is 1. The molecular formula is C12H15IO3. The third-order valence-electron chi connectivity index (χ3n) is 2.57. The first-order valence-corrected chi connectivity index (χ1v) is 6.15. The topological polar surface area (TPSA) is 46.5 Å². The lowest BCUT2D eigenvalue weighted by Crippen LogP contribution is -2.28. The SMILES string of the molecule is CCC(C)(C)C(=O)Oc1ccc(O)c(I)c1. The van der Waals surface area contributed by atoms with Crippen LogP contribution in [0.15, 0.2) is 18.2 Å². The number of ether oxygens (including phenoxy) is 1. The summed E-state index contributed by atoms with van der Waals surface area (Å²) in [5.74, 6) is 0.403. The number of rotatable bonds is 3. The summed E-state index contributed by atoms with van der Waals surface area (Å²) >= 11 is 1.99. The van der Waals surface area contributed by atoms with Crippen molar-refractivity contribution in [2.45, 2.75) is 27.2 Å². The normalized spacial score (nSPS) is 11.2. The van der Waals surface area contributed by atoms with Gasteiger partial charge in [0.2, 0.25) is 0 Å². The number of aromatic hydroxyl groups is 1. The van der Waals surface area contributed by atoms with Crippen molar-refractivity contribution in [3.05, 3.63) is 21.8 Å². The van der Waals surface area contributed by atoms with Crippen molar-refractivity contribution < 1.29 is 14.6 Å². The molecule has 0 saturated carbocycles. The zero-order valence-corrected chi connectivity index (χ0v) is 11.7. The molecule has 0 aliphatic rings. The molecule has 1 aromatic rings. The highest BCUT2D eigenvalue weighted by molar-refractivity contribution is 14.1. The molecule has 0 saturated heterocycles. The number of phenols is 1. The van der Waals surface area contributed by atoms with Gasteiger partial charge in [-0.3, -0.25) is 4.79 Å². The molecule has 0 amide bonds. The van der Waals surface area contributed by atoms with Gasteiger partial charge in [-0.1, -0.05) is 6.92 Å². The van der Waals surface area contributed by atoms with Gasteiger partial charge in [0.05, 0.1) is 8.99 Å². The maximum Gasteiger partial charge on any atom is 0.316 e. The molecular weight excluding hydrogens is 319 g/mol. The summed E-state index contributed by atoms with van der Waals surface area (Å²) < 4.78 is 5.92. The van der Waals surface area contributed by atoms with Gasteiger partial charge in [-0.15, -0.1) is 0 Å². The fraction of sp³-hybridized carbons (Fsp3) is 0.417. The molecule has 0 radical (unpaired) electrons. The molecule has 0 atom stereocenters. The third-order valence-corrected chi connectivity index (χ3v) is 3.43. The molecule has 0 aromatic heterocycles. The predicted molar refractivity (Wildman–Crippen MR) is 70.5 cm³/mol. The van der Waals surface area contributed by atoms with Crippen LogP contribution in [0.1, 0.15) is 27.2 Å². The van der Waals surface area contributed by atoms with Crippen LogP contribution in [-0.4, -0.2) is 11.1 Å². The number of halogens is 1. The summed E-state index contributed by atoms with van der Waals surface area (Å²) in [4.78, 5) is 11.8. The molecule has 0 aliphatic heterocycles. The number of hydrogen-bond donors (Lipinski definition) is 1. The Kier molecular flexibility index (Phi) is 4.18. The van der Waals surface area contributed by atoms with Crippen molar-refractivity contribution in [2.75, 3.05) is 0 Å².